The second-order valence-electron chi connectivity index (χ2n) is 8.41. The zero-order valence-corrected chi connectivity index (χ0v) is 19.3. The molecule has 34 heavy (non-hydrogen) atoms. The van der Waals surface area contributed by atoms with Gasteiger partial charge in [0.15, 0.2) is 5.13 Å². The van der Waals surface area contributed by atoms with Crippen LogP contribution in [0.5, 0.6) is 0 Å². The number of rotatable bonds is 6. The number of ether oxygens (including phenoxy) is 1. The maximum absolute atomic E-state index is 14.3. The largest absolute Gasteiger partial charge is 0.379 e. The van der Waals surface area contributed by atoms with Gasteiger partial charge >= 0.3 is 0 Å². The van der Waals surface area contributed by atoms with Crippen molar-refractivity contribution in [3.8, 4) is 0 Å². The van der Waals surface area contributed by atoms with Crippen LogP contribution >= 0.6 is 11.3 Å². The molecule has 0 N–H and O–H groups in total. The van der Waals surface area contributed by atoms with Gasteiger partial charge in [0.25, 0.3) is 0 Å². The van der Waals surface area contributed by atoms with E-state index in [-0.39, 0.29) is 36.1 Å². The highest BCUT2D eigenvalue weighted by Gasteiger charge is 2.38. The number of carbonyl (C=O) groups is 2. The highest BCUT2D eigenvalue weighted by atomic mass is 32.1. The Morgan fingerprint density at radius 3 is 2.65 bits per heavy atom. The Balaban J connectivity index is 1.39. The van der Waals surface area contributed by atoms with Crippen molar-refractivity contribution in [1.82, 2.24) is 9.88 Å². The van der Waals surface area contributed by atoms with Gasteiger partial charge in [0, 0.05) is 44.8 Å². The predicted molar refractivity (Wildman–Crippen MR) is 126 cm³/mol. The highest BCUT2D eigenvalue weighted by molar-refractivity contribution is 7.22. The van der Waals surface area contributed by atoms with Crippen LogP contribution in [0.1, 0.15) is 6.42 Å². The zero-order chi connectivity index (χ0) is 23.7. The van der Waals surface area contributed by atoms with Gasteiger partial charge in [-0.3, -0.25) is 19.4 Å². The van der Waals surface area contributed by atoms with Crippen LogP contribution < -0.4 is 9.80 Å². The maximum atomic E-state index is 14.3. The highest BCUT2D eigenvalue weighted by Crippen LogP contribution is 2.33. The molecular weight excluding hydrogens is 462 g/mol. The third-order valence-corrected chi connectivity index (χ3v) is 7.26. The third kappa shape index (κ3) is 4.66. The van der Waals surface area contributed by atoms with Gasteiger partial charge in [-0.1, -0.05) is 17.4 Å². The molecule has 0 radical (unpaired) electrons. The van der Waals surface area contributed by atoms with E-state index in [4.69, 9.17) is 4.74 Å². The quantitative estimate of drug-likeness (QED) is 0.535. The van der Waals surface area contributed by atoms with Crippen LogP contribution in [-0.4, -0.2) is 67.6 Å². The van der Waals surface area contributed by atoms with Gasteiger partial charge < -0.3 is 9.64 Å². The molecule has 1 atom stereocenters. The number of anilines is 2. The van der Waals surface area contributed by atoms with E-state index in [1.165, 1.54) is 46.6 Å². The lowest BCUT2D eigenvalue weighted by Gasteiger charge is -2.30. The van der Waals surface area contributed by atoms with Gasteiger partial charge in [0.2, 0.25) is 11.8 Å². The number of benzene rings is 2. The molecule has 2 saturated heterocycles. The first-order valence-electron chi connectivity index (χ1n) is 11.2. The maximum Gasteiger partial charge on any atom is 0.234 e. The van der Waals surface area contributed by atoms with Crippen molar-refractivity contribution in [3.63, 3.8) is 0 Å². The molecule has 1 unspecified atom stereocenters. The van der Waals surface area contributed by atoms with E-state index in [9.17, 15) is 18.4 Å². The Morgan fingerprint density at radius 2 is 1.91 bits per heavy atom. The summed E-state index contributed by atoms with van der Waals surface area (Å²) in [6.07, 6.45) is 0.0590. The lowest BCUT2D eigenvalue weighted by atomic mass is 10.1. The number of fused-ring (bicyclic) bond motifs is 1. The van der Waals surface area contributed by atoms with Crippen LogP contribution in [0.4, 0.5) is 19.6 Å². The van der Waals surface area contributed by atoms with Crippen molar-refractivity contribution in [2.24, 2.45) is 5.92 Å². The molecule has 178 valence electrons. The number of para-hydroxylation sites is 1. The Hall–Kier alpha value is -2.95. The Labute approximate surface area is 199 Å². The molecule has 2 fully saturated rings. The number of morpholine rings is 1. The first kappa shape index (κ1) is 22.8. The van der Waals surface area contributed by atoms with Crippen LogP contribution in [0.15, 0.2) is 42.5 Å². The smallest absolute Gasteiger partial charge is 0.234 e. The van der Waals surface area contributed by atoms with Gasteiger partial charge in [-0.05, 0) is 36.4 Å². The first-order valence-corrected chi connectivity index (χ1v) is 12.0. The van der Waals surface area contributed by atoms with Gasteiger partial charge in [-0.15, -0.1) is 0 Å². The molecule has 3 heterocycles. The van der Waals surface area contributed by atoms with Gasteiger partial charge in [0.05, 0.1) is 23.8 Å². The number of hydrogen-bond donors (Lipinski definition) is 0. The molecule has 0 saturated carbocycles. The minimum atomic E-state index is -0.570. The van der Waals surface area contributed by atoms with Gasteiger partial charge in [-0.2, -0.15) is 0 Å². The molecule has 2 aromatic carbocycles. The predicted octanol–water partition coefficient (Wildman–Crippen LogP) is 3.29. The average molecular weight is 487 g/mol. The van der Waals surface area contributed by atoms with Crippen molar-refractivity contribution in [2.45, 2.75) is 6.42 Å². The van der Waals surface area contributed by atoms with Crippen molar-refractivity contribution in [1.29, 1.82) is 0 Å². The second-order valence-corrected chi connectivity index (χ2v) is 9.42. The summed E-state index contributed by atoms with van der Waals surface area (Å²) in [6.45, 7) is 4.04. The molecule has 2 amide bonds. The van der Waals surface area contributed by atoms with Crippen LogP contribution in [0, 0.1) is 17.6 Å². The van der Waals surface area contributed by atoms with Crippen LogP contribution in [-0.2, 0) is 14.3 Å². The number of hydrogen-bond acceptors (Lipinski definition) is 6. The Kier molecular flexibility index (Phi) is 6.53. The van der Waals surface area contributed by atoms with Gasteiger partial charge in [0.1, 0.15) is 17.2 Å². The summed E-state index contributed by atoms with van der Waals surface area (Å²) in [6, 6.07) is 10.4. The number of nitrogens with zero attached hydrogens (tertiary/aromatic N) is 4. The number of halogens is 2. The summed E-state index contributed by atoms with van der Waals surface area (Å²) in [4.78, 5) is 36.1. The molecule has 0 aliphatic carbocycles. The van der Waals surface area contributed by atoms with E-state index in [1.807, 2.05) is 0 Å². The Morgan fingerprint density at radius 1 is 1.15 bits per heavy atom. The molecule has 7 nitrogen and oxygen atoms in total. The minimum Gasteiger partial charge on any atom is -0.379 e. The van der Waals surface area contributed by atoms with Crippen LogP contribution in [0.25, 0.3) is 10.2 Å². The van der Waals surface area contributed by atoms with Crippen molar-refractivity contribution < 1.29 is 23.1 Å². The molecule has 1 aromatic heterocycles. The van der Waals surface area contributed by atoms with Crippen molar-refractivity contribution in [3.05, 3.63) is 54.1 Å². The summed E-state index contributed by atoms with van der Waals surface area (Å²) in [5.74, 6) is -1.79. The molecule has 10 heteroatoms. The fourth-order valence-electron chi connectivity index (χ4n) is 4.35. The summed E-state index contributed by atoms with van der Waals surface area (Å²) in [5, 5.41) is 0.422. The molecule has 0 bridgehead atoms. The number of thiazole rings is 1. The molecule has 3 aromatic rings. The van der Waals surface area contributed by atoms with Crippen molar-refractivity contribution in [2.75, 3.05) is 55.7 Å². The Bertz CT molecular complexity index is 1200. The lowest BCUT2D eigenvalue weighted by molar-refractivity contribution is -0.124. The molecule has 5 rings (SSSR count). The van der Waals surface area contributed by atoms with Crippen LogP contribution in [0.2, 0.25) is 0 Å². The standard InChI is InChI=1S/C24H24F2N4O3S/c25-17-4-6-18(7-5-17)30-15-16(14-21(30)31)23(32)29(9-8-28-10-12-33-13-11-28)24-27-22-19(26)2-1-3-20(22)34-24/h1-7,16H,8-15H2. The molecular formula is C24H24F2N4O3S. The third-order valence-electron chi connectivity index (χ3n) is 6.21. The normalized spacial score (nSPS) is 19.2. The topological polar surface area (TPSA) is 66.0 Å². The summed E-state index contributed by atoms with van der Waals surface area (Å²) < 4.78 is 33.7. The molecule has 2 aliphatic heterocycles. The van der Waals surface area contributed by atoms with E-state index in [0.717, 1.165) is 13.1 Å². The lowest BCUT2D eigenvalue weighted by Crippen LogP contribution is -2.45. The van der Waals surface area contributed by atoms with E-state index >= 15 is 0 Å². The number of amides is 2. The van der Waals surface area contributed by atoms with E-state index in [0.29, 0.717) is 41.8 Å². The minimum absolute atomic E-state index is 0.0590. The van der Waals surface area contributed by atoms with E-state index < -0.39 is 11.7 Å². The average Bonchev–Trinajstić information content (AvgIpc) is 3.45. The summed E-state index contributed by atoms with van der Waals surface area (Å²) in [5.41, 5.74) is 0.797. The zero-order valence-electron chi connectivity index (χ0n) is 18.5. The SMILES string of the molecule is O=C1CC(C(=O)N(CCN2CCOCC2)c2nc3c(F)cccc3s2)CN1c1ccc(F)cc1. The van der Waals surface area contributed by atoms with E-state index in [2.05, 4.69) is 9.88 Å². The number of carbonyl (C=O) groups excluding carboxylic acids is 2. The summed E-state index contributed by atoms with van der Waals surface area (Å²) in [7, 11) is 0. The summed E-state index contributed by atoms with van der Waals surface area (Å²) >= 11 is 1.26. The first-order chi connectivity index (χ1) is 16.5. The monoisotopic (exact) mass is 486 g/mol. The van der Waals surface area contributed by atoms with Gasteiger partial charge in [-0.25, -0.2) is 13.8 Å². The molecule has 2 aliphatic rings. The fourth-order valence-corrected chi connectivity index (χ4v) is 5.36. The second kappa shape index (κ2) is 9.73. The van der Waals surface area contributed by atoms with E-state index in [1.54, 1.807) is 17.0 Å². The molecule has 0 spiro atoms. The number of aromatic nitrogens is 1. The van der Waals surface area contributed by atoms with Crippen LogP contribution in [0.3, 0.4) is 0 Å². The fraction of sp³-hybridized carbons (Fsp3) is 0.375. The van der Waals surface area contributed by atoms with Crippen molar-refractivity contribution >= 4 is 44.2 Å².